The van der Waals surface area contributed by atoms with Gasteiger partial charge in [0.15, 0.2) is 0 Å². The second-order valence-corrected chi connectivity index (χ2v) is 12.4. The molecule has 1 N–H and O–H groups in total. The lowest BCUT2D eigenvalue weighted by Crippen LogP contribution is -2.47. The normalized spacial score (nSPS) is 23.0. The minimum atomic E-state index is -0.885. The predicted octanol–water partition coefficient (Wildman–Crippen LogP) is 7.28. The average molecular weight is 516 g/mol. The van der Waals surface area contributed by atoms with Crippen LogP contribution in [0.15, 0.2) is 36.4 Å². The summed E-state index contributed by atoms with van der Waals surface area (Å²) in [7, 11) is 1.66. The molecule has 0 bridgehead atoms. The molecule has 3 aromatic rings. The summed E-state index contributed by atoms with van der Waals surface area (Å²) < 4.78 is 13.5. The first-order valence-electron chi connectivity index (χ1n) is 13.9. The molecule has 2 atom stereocenters. The third kappa shape index (κ3) is 3.83. The van der Waals surface area contributed by atoms with Crippen LogP contribution in [0.25, 0.3) is 22.2 Å². The van der Waals surface area contributed by atoms with E-state index >= 15 is 0 Å². The van der Waals surface area contributed by atoms with Crippen LogP contribution in [-0.4, -0.2) is 34.3 Å². The predicted molar refractivity (Wildman–Crippen MR) is 147 cm³/mol. The van der Waals surface area contributed by atoms with Gasteiger partial charge in [-0.1, -0.05) is 25.3 Å². The number of ether oxygens (including phenoxy) is 2. The van der Waals surface area contributed by atoms with Gasteiger partial charge in [-0.3, -0.25) is 4.79 Å². The number of carboxylic acid groups (broad SMARTS) is 1. The monoisotopic (exact) mass is 515 g/mol. The number of carbonyl (C=O) groups excluding carboxylic acids is 1. The number of aliphatic carboxylic acids is 1. The summed E-state index contributed by atoms with van der Waals surface area (Å²) in [5.41, 5.74) is 4.56. The maximum absolute atomic E-state index is 13.1. The summed E-state index contributed by atoms with van der Waals surface area (Å²) in [5.74, 6) is -0.0253. The summed E-state index contributed by atoms with van der Waals surface area (Å²) in [6.07, 6.45) is 7.38. The fraction of sp³-hybridized carbons (Fsp3) is 0.500. The molecular weight excluding hydrogens is 478 g/mol. The van der Waals surface area contributed by atoms with Crippen LogP contribution in [-0.2, 0) is 16.1 Å². The molecule has 2 fully saturated rings. The van der Waals surface area contributed by atoms with Gasteiger partial charge in [0, 0.05) is 28.9 Å². The van der Waals surface area contributed by atoms with Crippen molar-refractivity contribution in [2.45, 2.75) is 89.7 Å². The van der Waals surface area contributed by atoms with Gasteiger partial charge in [-0.15, -0.1) is 0 Å². The van der Waals surface area contributed by atoms with Crippen LogP contribution in [0.1, 0.15) is 99.0 Å². The van der Waals surface area contributed by atoms with E-state index in [9.17, 15) is 14.7 Å². The summed E-state index contributed by atoms with van der Waals surface area (Å²) in [4.78, 5) is 26.0. The number of hydrogen-bond acceptors (Lipinski definition) is 4. The van der Waals surface area contributed by atoms with Crippen LogP contribution in [0.2, 0.25) is 0 Å². The molecule has 1 aliphatic heterocycles. The van der Waals surface area contributed by atoms with E-state index in [1.165, 1.54) is 24.8 Å². The fourth-order valence-corrected chi connectivity index (χ4v) is 7.16. The molecule has 6 rings (SSSR count). The zero-order chi connectivity index (χ0) is 26.8. The van der Waals surface area contributed by atoms with Crippen LogP contribution in [0.5, 0.6) is 5.75 Å². The Balaban J connectivity index is 1.65. The van der Waals surface area contributed by atoms with Gasteiger partial charge < -0.3 is 19.1 Å². The molecule has 200 valence electrons. The van der Waals surface area contributed by atoms with Gasteiger partial charge >= 0.3 is 11.9 Å². The van der Waals surface area contributed by atoms with Crippen molar-refractivity contribution in [3.05, 3.63) is 53.1 Å². The molecule has 6 heteroatoms. The molecule has 2 aromatic carbocycles. The van der Waals surface area contributed by atoms with E-state index in [-0.39, 0.29) is 11.9 Å². The summed E-state index contributed by atoms with van der Waals surface area (Å²) in [5, 5.41) is 11.7. The zero-order valence-corrected chi connectivity index (χ0v) is 22.8. The number of fused-ring (bicyclic) bond motifs is 7. The van der Waals surface area contributed by atoms with Crippen LogP contribution >= 0.6 is 0 Å². The van der Waals surface area contributed by atoms with E-state index in [4.69, 9.17) is 9.47 Å². The van der Waals surface area contributed by atoms with Crippen molar-refractivity contribution < 1.29 is 24.2 Å². The van der Waals surface area contributed by atoms with Crippen molar-refractivity contribution in [3.8, 4) is 17.0 Å². The smallest absolute Gasteiger partial charge is 0.338 e. The van der Waals surface area contributed by atoms with Crippen LogP contribution in [0, 0.1) is 5.41 Å². The summed E-state index contributed by atoms with van der Waals surface area (Å²) in [6.45, 7) is 5.99. The van der Waals surface area contributed by atoms with Gasteiger partial charge in [0.25, 0.3) is 0 Å². The van der Waals surface area contributed by atoms with Crippen LogP contribution in [0.4, 0.5) is 0 Å². The third-order valence-electron chi connectivity index (χ3n) is 9.05. The largest absolute Gasteiger partial charge is 0.497 e. The number of rotatable bonds is 4. The topological polar surface area (TPSA) is 77.8 Å². The number of esters is 1. The zero-order valence-electron chi connectivity index (χ0n) is 22.8. The number of benzene rings is 2. The number of carboxylic acids is 1. The van der Waals surface area contributed by atoms with Gasteiger partial charge in [-0.2, -0.15) is 0 Å². The molecule has 2 aliphatic carbocycles. The molecule has 0 amide bonds. The van der Waals surface area contributed by atoms with Gasteiger partial charge in [0.05, 0.1) is 23.8 Å². The first-order valence-corrected chi connectivity index (χ1v) is 13.9. The van der Waals surface area contributed by atoms with Crippen molar-refractivity contribution >= 4 is 22.8 Å². The number of carbonyl (C=O) groups is 2. The standard InChI is InChI=1S/C32H37NO5/c1-31(2,3)38-29(34)20-10-12-23-26(16-20)33-18-32(30(35)36)15-14-25(32)24-17-21(37-4)11-13-22(24)28(33)27(23)19-8-6-5-7-9-19/h10-13,16-17,19,25H,5-9,14-15,18H2,1-4H3,(H,35,36). The quantitative estimate of drug-likeness (QED) is 0.369. The van der Waals surface area contributed by atoms with Gasteiger partial charge in [0.2, 0.25) is 0 Å². The molecule has 0 radical (unpaired) electrons. The van der Waals surface area contributed by atoms with E-state index in [0.717, 1.165) is 52.7 Å². The molecule has 1 aromatic heterocycles. The average Bonchev–Trinajstić information content (AvgIpc) is 3.14. The number of methoxy groups -OCH3 is 1. The van der Waals surface area contributed by atoms with Crippen LogP contribution in [0.3, 0.4) is 0 Å². The molecule has 2 unspecified atom stereocenters. The van der Waals surface area contributed by atoms with E-state index in [0.29, 0.717) is 24.4 Å². The van der Waals surface area contributed by atoms with E-state index in [2.05, 4.69) is 22.8 Å². The lowest BCUT2D eigenvalue weighted by atomic mass is 9.57. The first-order chi connectivity index (χ1) is 18.1. The lowest BCUT2D eigenvalue weighted by Gasteiger charge is -2.46. The highest BCUT2D eigenvalue weighted by Crippen LogP contribution is 2.60. The Morgan fingerprint density at radius 2 is 1.79 bits per heavy atom. The minimum Gasteiger partial charge on any atom is -0.497 e. The van der Waals surface area contributed by atoms with Gasteiger partial charge in [-0.05, 0) is 93.8 Å². The first kappa shape index (κ1) is 25.0. The van der Waals surface area contributed by atoms with E-state index < -0.39 is 17.0 Å². The molecule has 0 saturated heterocycles. The molecule has 0 spiro atoms. The lowest BCUT2D eigenvalue weighted by molar-refractivity contribution is -0.158. The highest BCUT2D eigenvalue weighted by molar-refractivity contribution is 5.99. The fourth-order valence-electron chi connectivity index (χ4n) is 7.16. The summed E-state index contributed by atoms with van der Waals surface area (Å²) >= 11 is 0. The van der Waals surface area contributed by atoms with Crippen molar-refractivity contribution in [1.29, 1.82) is 0 Å². The molecule has 2 saturated carbocycles. The highest BCUT2D eigenvalue weighted by atomic mass is 16.6. The van der Waals surface area contributed by atoms with E-state index in [1.807, 2.05) is 39.0 Å². The Hall–Kier alpha value is -3.28. The van der Waals surface area contributed by atoms with Crippen molar-refractivity contribution in [2.75, 3.05) is 7.11 Å². The number of nitrogens with zero attached hydrogens (tertiary/aromatic N) is 1. The summed E-state index contributed by atoms with van der Waals surface area (Å²) in [6, 6.07) is 12.0. The Morgan fingerprint density at radius 1 is 1.03 bits per heavy atom. The van der Waals surface area contributed by atoms with Crippen molar-refractivity contribution in [1.82, 2.24) is 4.57 Å². The Bertz CT molecular complexity index is 1440. The van der Waals surface area contributed by atoms with Crippen molar-refractivity contribution in [3.63, 3.8) is 0 Å². The SMILES string of the molecule is COc1ccc2c(c1)C1CCC1(C(=O)O)Cn1c-2c(C2CCCCC2)c2ccc(C(=O)OC(C)(C)C)cc21. The second kappa shape index (κ2) is 8.89. The number of aromatic nitrogens is 1. The van der Waals surface area contributed by atoms with Gasteiger partial charge in [-0.25, -0.2) is 4.79 Å². The van der Waals surface area contributed by atoms with Crippen LogP contribution < -0.4 is 4.74 Å². The Kier molecular flexibility index (Phi) is 5.85. The minimum absolute atomic E-state index is 0.0757. The molecule has 6 nitrogen and oxygen atoms in total. The molecule has 2 heterocycles. The van der Waals surface area contributed by atoms with E-state index in [1.54, 1.807) is 7.11 Å². The number of hydrogen-bond donors (Lipinski definition) is 1. The second-order valence-electron chi connectivity index (χ2n) is 12.4. The third-order valence-corrected chi connectivity index (χ3v) is 9.05. The molecule has 3 aliphatic rings. The maximum Gasteiger partial charge on any atom is 0.338 e. The Morgan fingerprint density at radius 3 is 2.42 bits per heavy atom. The van der Waals surface area contributed by atoms with Crippen molar-refractivity contribution in [2.24, 2.45) is 5.41 Å². The molecular formula is C32H37NO5. The van der Waals surface area contributed by atoms with Gasteiger partial charge in [0.1, 0.15) is 11.4 Å². The maximum atomic E-state index is 13.1. The Labute approximate surface area is 223 Å². The molecule has 38 heavy (non-hydrogen) atoms. The highest BCUT2D eigenvalue weighted by Gasteiger charge is 2.56.